The molecule has 10 heteroatoms. The zero-order valence-electron chi connectivity index (χ0n) is 16.0. The summed E-state index contributed by atoms with van der Waals surface area (Å²) in [6, 6.07) is 4.51. The first-order chi connectivity index (χ1) is 13.4. The first-order valence-corrected chi connectivity index (χ1v) is 8.90. The fourth-order valence-electron chi connectivity index (χ4n) is 2.35. The van der Waals surface area contributed by atoms with E-state index < -0.39 is 28.8 Å². The number of carboxylic acids is 1. The number of nitrogens with one attached hydrogen (secondary N) is 1. The van der Waals surface area contributed by atoms with Gasteiger partial charge in [0.25, 0.3) is 11.6 Å². The lowest BCUT2D eigenvalue weighted by molar-refractivity contribution is -0.384. The van der Waals surface area contributed by atoms with Crippen molar-refractivity contribution in [2.45, 2.75) is 26.3 Å². The Labute approximate surface area is 162 Å². The zero-order chi connectivity index (χ0) is 20.9. The lowest BCUT2D eigenvalue weighted by Gasteiger charge is -2.22. The molecule has 1 amide bonds. The maximum Gasteiger partial charge on any atom is 0.308 e. The van der Waals surface area contributed by atoms with Crippen molar-refractivity contribution in [1.29, 1.82) is 0 Å². The highest BCUT2D eigenvalue weighted by molar-refractivity contribution is 5.94. The standard InChI is InChI=1S/C18H26N2O8/c1-3-26-10-14(18(22)23)9-15(11-28-12-27-4-2)19-17(21)13-5-7-16(8-6-13)20(24)25/h5-8,14-15H,3-4,9-12H2,1-2H3,(H,19,21)(H,22,23)/t14-,15+/m1/s1. The summed E-state index contributed by atoms with van der Waals surface area (Å²) in [5.74, 6) is -2.34. The molecule has 0 heterocycles. The van der Waals surface area contributed by atoms with Crippen LogP contribution in [0, 0.1) is 16.0 Å². The second-order valence-electron chi connectivity index (χ2n) is 5.89. The summed E-state index contributed by atoms with van der Waals surface area (Å²) in [6.45, 7) is 4.49. The highest BCUT2D eigenvalue weighted by atomic mass is 16.7. The van der Waals surface area contributed by atoms with E-state index >= 15 is 0 Å². The van der Waals surface area contributed by atoms with Gasteiger partial charge in [0.15, 0.2) is 0 Å². The lowest BCUT2D eigenvalue weighted by atomic mass is 10.0. The number of carboxylic acid groups (broad SMARTS) is 1. The lowest BCUT2D eigenvalue weighted by Crippen LogP contribution is -2.41. The van der Waals surface area contributed by atoms with Gasteiger partial charge < -0.3 is 24.6 Å². The van der Waals surface area contributed by atoms with Crippen molar-refractivity contribution in [3.63, 3.8) is 0 Å². The molecule has 0 saturated carbocycles. The van der Waals surface area contributed by atoms with Gasteiger partial charge >= 0.3 is 5.97 Å². The molecule has 0 aliphatic heterocycles. The highest BCUT2D eigenvalue weighted by Gasteiger charge is 2.25. The van der Waals surface area contributed by atoms with Crippen LogP contribution in [-0.2, 0) is 19.0 Å². The van der Waals surface area contributed by atoms with Gasteiger partial charge in [-0.15, -0.1) is 0 Å². The van der Waals surface area contributed by atoms with Gasteiger partial charge in [-0.05, 0) is 32.4 Å². The number of carbonyl (C=O) groups is 2. The average molecular weight is 398 g/mol. The molecular weight excluding hydrogens is 372 g/mol. The van der Waals surface area contributed by atoms with Crippen LogP contribution in [0.4, 0.5) is 5.69 Å². The Morgan fingerprint density at radius 2 is 1.75 bits per heavy atom. The van der Waals surface area contributed by atoms with Crippen LogP contribution in [0.1, 0.15) is 30.6 Å². The molecule has 10 nitrogen and oxygen atoms in total. The van der Waals surface area contributed by atoms with E-state index in [1.54, 1.807) is 13.8 Å². The summed E-state index contributed by atoms with van der Waals surface area (Å²) < 4.78 is 15.6. The van der Waals surface area contributed by atoms with Crippen molar-refractivity contribution in [1.82, 2.24) is 5.32 Å². The van der Waals surface area contributed by atoms with Gasteiger partial charge in [0.05, 0.1) is 30.1 Å². The van der Waals surface area contributed by atoms with Crippen LogP contribution in [0.25, 0.3) is 0 Å². The number of aliphatic carboxylic acids is 1. The maximum atomic E-state index is 12.4. The second-order valence-corrected chi connectivity index (χ2v) is 5.89. The molecule has 1 aromatic carbocycles. The monoisotopic (exact) mass is 398 g/mol. The number of nitrogens with zero attached hydrogens (tertiary/aromatic N) is 1. The molecule has 0 spiro atoms. The van der Waals surface area contributed by atoms with Gasteiger partial charge in [-0.1, -0.05) is 0 Å². The average Bonchev–Trinajstić information content (AvgIpc) is 2.67. The molecule has 0 aromatic heterocycles. The van der Waals surface area contributed by atoms with Crippen molar-refractivity contribution in [3.05, 3.63) is 39.9 Å². The van der Waals surface area contributed by atoms with E-state index in [9.17, 15) is 24.8 Å². The summed E-state index contributed by atoms with van der Waals surface area (Å²) >= 11 is 0. The Hall–Kier alpha value is -2.56. The Kier molecular flexibility index (Phi) is 10.7. The van der Waals surface area contributed by atoms with Gasteiger partial charge in [-0.25, -0.2) is 0 Å². The van der Waals surface area contributed by atoms with Crippen molar-refractivity contribution in [2.75, 3.05) is 33.2 Å². The largest absolute Gasteiger partial charge is 0.481 e. The normalized spacial score (nSPS) is 12.9. The predicted molar refractivity (Wildman–Crippen MR) is 99.0 cm³/mol. The molecule has 28 heavy (non-hydrogen) atoms. The van der Waals surface area contributed by atoms with Crippen LogP contribution >= 0.6 is 0 Å². The smallest absolute Gasteiger partial charge is 0.308 e. The van der Waals surface area contributed by atoms with E-state index in [4.69, 9.17) is 14.2 Å². The molecule has 2 atom stereocenters. The number of amides is 1. The third-order valence-electron chi connectivity index (χ3n) is 3.81. The van der Waals surface area contributed by atoms with E-state index in [1.807, 2.05) is 0 Å². The minimum Gasteiger partial charge on any atom is -0.481 e. The predicted octanol–water partition coefficient (Wildman–Crippen LogP) is 1.83. The first kappa shape index (κ1) is 23.5. The molecule has 0 aliphatic rings. The van der Waals surface area contributed by atoms with Gasteiger partial charge in [0.1, 0.15) is 6.79 Å². The van der Waals surface area contributed by atoms with Crippen LogP contribution < -0.4 is 5.32 Å². The fourth-order valence-corrected chi connectivity index (χ4v) is 2.35. The van der Waals surface area contributed by atoms with E-state index in [0.29, 0.717) is 13.2 Å². The summed E-state index contributed by atoms with van der Waals surface area (Å²) in [5, 5.41) is 22.8. The maximum absolute atomic E-state index is 12.4. The number of nitro groups is 1. The molecule has 0 bridgehead atoms. The van der Waals surface area contributed by atoms with Crippen LogP contribution in [0.5, 0.6) is 0 Å². The van der Waals surface area contributed by atoms with Crippen molar-refractivity contribution in [3.8, 4) is 0 Å². The quantitative estimate of drug-likeness (QED) is 0.210. The van der Waals surface area contributed by atoms with Gasteiger partial charge in [0, 0.05) is 30.9 Å². The van der Waals surface area contributed by atoms with Crippen LogP contribution in [0.2, 0.25) is 0 Å². The number of ether oxygens (including phenoxy) is 3. The van der Waals surface area contributed by atoms with E-state index in [2.05, 4.69) is 5.32 Å². The number of non-ortho nitro benzene ring substituents is 1. The number of rotatable bonds is 14. The summed E-state index contributed by atoms with van der Waals surface area (Å²) in [4.78, 5) is 34.0. The Balaban J connectivity index is 2.79. The number of hydrogen-bond acceptors (Lipinski definition) is 7. The third kappa shape index (κ3) is 8.42. The van der Waals surface area contributed by atoms with Gasteiger partial charge in [-0.2, -0.15) is 0 Å². The number of carbonyl (C=O) groups excluding carboxylic acids is 1. The Bertz CT molecular complexity index is 635. The molecule has 1 aromatic rings. The summed E-state index contributed by atoms with van der Waals surface area (Å²) in [5.41, 5.74) is 0.0906. The minimum atomic E-state index is -1.03. The van der Waals surface area contributed by atoms with E-state index in [1.165, 1.54) is 24.3 Å². The Morgan fingerprint density at radius 1 is 1.11 bits per heavy atom. The van der Waals surface area contributed by atoms with Crippen molar-refractivity contribution >= 4 is 17.6 Å². The van der Waals surface area contributed by atoms with Crippen LogP contribution in [0.15, 0.2) is 24.3 Å². The zero-order valence-corrected chi connectivity index (χ0v) is 16.0. The van der Waals surface area contributed by atoms with E-state index in [0.717, 1.165) is 0 Å². The van der Waals surface area contributed by atoms with Crippen molar-refractivity contribution in [2.24, 2.45) is 5.92 Å². The van der Waals surface area contributed by atoms with Gasteiger partial charge in [0.2, 0.25) is 0 Å². The molecule has 0 radical (unpaired) electrons. The number of nitro benzene ring substituents is 1. The minimum absolute atomic E-state index is 0.0151. The number of benzene rings is 1. The molecule has 156 valence electrons. The molecule has 0 aliphatic carbocycles. The summed E-state index contributed by atoms with van der Waals surface area (Å²) in [7, 11) is 0. The highest BCUT2D eigenvalue weighted by Crippen LogP contribution is 2.14. The SMILES string of the molecule is CCOCOC[C@H](C[C@H](COCC)C(=O)O)NC(=O)c1ccc([N+](=O)[O-])cc1. The molecule has 0 saturated heterocycles. The number of hydrogen-bond donors (Lipinski definition) is 2. The van der Waals surface area contributed by atoms with Crippen molar-refractivity contribution < 1.29 is 33.8 Å². The summed E-state index contributed by atoms with van der Waals surface area (Å²) in [6.07, 6.45) is 0.0974. The second kappa shape index (κ2) is 12.8. The molecule has 0 fully saturated rings. The molecule has 0 unspecified atom stereocenters. The first-order valence-electron chi connectivity index (χ1n) is 8.90. The fraction of sp³-hybridized carbons (Fsp3) is 0.556. The topological polar surface area (TPSA) is 137 Å². The van der Waals surface area contributed by atoms with E-state index in [-0.39, 0.29) is 37.7 Å². The molecular formula is C18H26N2O8. The third-order valence-corrected chi connectivity index (χ3v) is 3.81. The van der Waals surface area contributed by atoms with Crippen LogP contribution in [-0.4, -0.2) is 61.2 Å². The Morgan fingerprint density at radius 3 is 2.29 bits per heavy atom. The molecule has 2 N–H and O–H groups in total. The molecule has 1 rings (SSSR count). The van der Waals surface area contributed by atoms with Gasteiger partial charge in [-0.3, -0.25) is 19.7 Å². The van der Waals surface area contributed by atoms with Crippen LogP contribution in [0.3, 0.4) is 0 Å².